The van der Waals surface area contributed by atoms with Crippen molar-refractivity contribution in [1.29, 1.82) is 5.41 Å². The molecule has 0 bridgehead atoms. The Labute approximate surface area is 207 Å². The van der Waals surface area contributed by atoms with Crippen LogP contribution in [-0.4, -0.2) is 42.8 Å². The van der Waals surface area contributed by atoms with E-state index in [4.69, 9.17) is 11.1 Å². The number of hydrogen-bond donors (Lipinski definition) is 3. The van der Waals surface area contributed by atoms with Gasteiger partial charge in [-0.1, -0.05) is 0 Å². The Morgan fingerprint density at radius 1 is 1.00 bits per heavy atom. The number of nitrogens with zero attached hydrogens (tertiary/aromatic N) is 1. The summed E-state index contributed by atoms with van der Waals surface area (Å²) in [6.45, 7) is 0.565. The number of carbonyl (C=O) groups is 1. The molecule has 5 nitrogen and oxygen atoms in total. The van der Waals surface area contributed by atoms with E-state index in [2.05, 4.69) is 40.2 Å². The van der Waals surface area contributed by atoms with Crippen LogP contribution in [0.3, 0.4) is 0 Å². The number of rotatable bonds is 5. The molecule has 1 saturated carbocycles. The second-order valence-corrected chi connectivity index (χ2v) is 11.4. The summed E-state index contributed by atoms with van der Waals surface area (Å²) in [4.78, 5) is 13.6. The van der Waals surface area contributed by atoms with Gasteiger partial charge in [0.15, 0.2) is 0 Å². The maximum absolute atomic E-state index is 13.6. The van der Waals surface area contributed by atoms with Gasteiger partial charge in [-0.15, -0.1) is 0 Å². The van der Waals surface area contributed by atoms with E-state index in [1.54, 1.807) is 23.0 Å². The van der Waals surface area contributed by atoms with Crippen molar-refractivity contribution in [2.75, 3.05) is 0 Å². The molecule has 33 heavy (non-hydrogen) atoms. The van der Waals surface area contributed by atoms with Crippen molar-refractivity contribution in [1.82, 2.24) is 9.88 Å². The molecule has 1 aromatic heterocycles. The molecule has 2 radical (unpaired) electrons. The van der Waals surface area contributed by atoms with Gasteiger partial charge in [-0.25, -0.2) is 0 Å². The average molecular weight is 545 g/mol. The van der Waals surface area contributed by atoms with Gasteiger partial charge >= 0.3 is 208 Å². The van der Waals surface area contributed by atoms with Crippen LogP contribution in [0.4, 0.5) is 0 Å². The molecule has 1 heterocycles. The van der Waals surface area contributed by atoms with Gasteiger partial charge in [-0.3, -0.25) is 0 Å². The van der Waals surface area contributed by atoms with Crippen LogP contribution in [0.2, 0.25) is 0 Å². The zero-order chi connectivity index (χ0) is 23.0. The first-order chi connectivity index (χ1) is 15.9. The Hall–Kier alpha value is -2.78. The van der Waals surface area contributed by atoms with E-state index in [1.807, 2.05) is 36.4 Å². The summed E-state index contributed by atoms with van der Waals surface area (Å²) in [5.74, 6) is -0.00333. The number of benzene rings is 3. The molecule has 5 rings (SSSR count). The molecule has 0 aliphatic heterocycles. The molecular weight excluding hydrogens is 518 g/mol. The molecule has 1 aliphatic carbocycles. The Morgan fingerprint density at radius 3 is 2.55 bits per heavy atom. The first-order valence-corrected chi connectivity index (χ1v) is 12.7. The minimum atomic E-state index is -0.116. The standard InChI is InChI=1S/C27H27N4O.Sb/c28-26(29)20-14-13-19-15-25(27(32)30-22-10-2-1-3-11-22)31(24(19)16-20)17-21-9-6-8-18-7-4-5-12-23(18)21;/h4-9,12-16H,1-3,10-11,17H2,(H3,28,29)(H,30,32);. The average Bonchev–Trinajstić information content (AvgIpc) is 3.17. The van der Waals surface area contributed by atoms with E-state index in [0.29, 0.717) is 17.8 Å². The van der Waals surface area contributed by atoms with Gasteiger partial charge in [0, 0.05) is 0 Å². The zero-order valence-electron chi connectivity index (χ0n) is 18.5. The third-order valence-electron chi connectivity index (χ3n) is 6.68. The first-order valence-electron chi connectivity index (χ1n) is 11.4. The summed E-state index contributed by atoms with van der Waals surface area (Å²) in [5, 5.41) is 14.6. The Kier molecular flexibility index (Phi) is 5.92. The SMILES string of the molecule is N=C(N)c1ccc2cc(C(=O)N[C]3([Sb])CCCCC3)n(Cc3cccc4ccccc34)c2c1. The van der Waals surface area contributed by atoms with Crippen molar-refractivity contribution in [3.05, 3.63) is 83.6 Å². The van der Waals surface area contributed by atoms with Crippen molar-refractivity contribution in [3.8, 4) is 0 Å². The molecule has 0 spiro atoms. The van der Waals surface area contributed by atoms with Gasteiger partial charge < -0.3 is 0 Å². The van der Waals surface area contributed by atoms with Crippen LogP contribution in [0.5, 0.6) is 0 Å². The van der Waals surface area contributed by atoms with Crippen molar-refractivity contribution in [2.24, 2.45) is 5.73 Å². The van der Waals surface area contributed by atoms with Crippen LogP contribution in [0.1, 0.15) is 53.7 Å². The molecule has 0 atom stereocenters. The van der Waals surface area contributed by atoms with Gasteiger partial charge in [0.25, 0.3) is 0 Å². The molecule has 1 amide bonds. The van der Waals surface area contributed by atoms with E-state index in [-0.39, 0.29) is 15.2 Å². The van der Waals surface area contributed by atoms with Crippen molar-refractivity contribution in [3.63, 3.8) is 0 Å². The van der Waals surface area contributed by atoms with Crippen LogP contribution < -0.4 is 11.1 Å². The van der Waals surface area contributed by atoms with Gasteiger partial charge in [0.1, 0.15) is 0 Å². The van der Waals surface area contributed by atoms with E-state index in [1.165, 1.54) is 17.2 Å². The maximum atomic E-state index is 13.6. The van der Waals surface area contributed by atoms with E-state index < -0.39 is 0 Å². The summed E-state index contributed by atoms with van der Waals surface area (Å²) in [6.07, 6.45) is 5.64. The van der Waals surface area contributed by atoms with Crippen LogP contribution in [0.25, 0.3) is 21.7 Å². The quantitative estimate of drug-likeness (QED) is 0.193. The third kappa shape index (κ3) is 4.39. The molecule has 166 valence electrons. The van der Waals surface area contributed by atoms with Gasteiger partial charge in [0.05, 0.1) is 0 Å². The monoisotopic (exact) mass is 544 g/mol. The Bertz CT molecular complexity index is 1360. The third-order valence-corrected chi connectivity index (χ3v) is 8.28. The minimum absolute atomic E-state index is 0.0256. The molecule has 0 unspecified atom stereocenters. The summed E-state index contributed by atoms with van der Waals surface area (Å²) >= 11 is 1.72. The molecule has 1 fully saturated rings. The Balaban J connectivity index is 1.62. The number of nitrogens with two attached hydrogens (primary N) is 1. The summed E-state index contributed by atoms with van der Waals surface area (Å²) in [5.41, 5.74) is 9.17. The second-order valence-electron chi connectivity index (χ2n) is 8.99. The zero-order valence-corrected chi connectivity index (χ0v) is 21.0. The van der Waals surface area contributed by atoms with Crippen LogP contribution in [0.15, 0.2) is 66.7 Å². The van der Waals surface area contributed by atoms with Gasteiger partial charge in [-0.05, 0) is 0 Å². The topological polar surface area (TPSA) is 83.9 Å². The number of fused-ring (bicyclic) bond motifs is 2. The van der Waals surface area contributed by atoms with Gasteiger partial charge in [0.2, 0.25) is 0 Å². The fraction of sp³-hybridized carbons (Fsp3) is 0.259. The molecule has 4 aromatic rings. The fourth-order valence-electron chi connectivity index (χ4n) is 4.92. The van der Waals surface area contributed by atoms with Crippen LogP contribution >= 0.6 is 0 Å². The molecule has 1 aliphatic rings. The molecule has 6 heteroatoms. The number of amidine groups is 1. The van der Waals surface area contributed by atoms with E-state index in [0.717, 1.165) is 42.1 Å². The number of nitrogen functional groups attached to an aromatic ring is 1. The molecule has 0 saturated heterocycles. The first kappa shape index (κ1) is 22.0. The molecular formula is C27H27N4OSb. The van der Waals surface area contributed by atoms with Crippen LogP contribution in [-0.2, 0) is 6.54 Å². The van der Waals surface area contributed by atoms with E-state index >= 15 is 0 Å². The van der Waals surface area contributed by atoms with Gasteiger partial charge in [-0.2, -0.15) is 0 Å². The number of carbonyl (C=O) groups excluding carboxylic acids is 1. The van der Waals surface area contributed by atoms with Crippen molar-refractivity contribution < 1.29 is 4.79 Å². The normalized spacial score (nSPS) is 15.5. The van der Waals surface area contributed by atoms with Crippen molar-refractivity contribution >= 4 is 56.4 Å². The van der Waals surface area contributed by atoms with Crippen molar-refractivity contribution in [2.45, 2.75) is 42.1 Å². The fourth-order valence-corrected chi connectivity index (χ4v) is 6.11. The Morgan fingerprint density at radius 2 is 1.76 bits per heavy atom. The number of amides is 1. The summed E-state index contributed by atoms with van der Waals surface area (Å²) < 4.78 is 1.96. The van der Waals surface area contributed by atoms with E-state index in [9.17, 15) is 4.79 Å². The second kappa shape index (κ2) is 8.87. The van der Waals surface area contributed by atoms with Crippen LogP contribution in [0, 0.1) is 5.41 Å². The number of aromatic nitrogens is 1. The molecule has 3 aromatic carbocycles. The predicted octanol–water partition coefficient (Wildman–Crippen LogP) is 4.69. The molecule has 4 N–H and O–H groups in total. The summed E-state index contributed by atoms with van der Waals surface area (Å²) in [6, 6.07) is 22.3. The number of nitrogens with one attached hydrogen (secondary N) is 2. The number of hydrogen-bond acceptors (Lipinski definition) is 2. The summed E-state index contributed by atoms with van der Waals surface area (Å²) in [7, 11) is 0. The predicted molar refractivity (Wildman–Crippen MR) is 135 cm³/mol.